The van der Waals surface area contributed by atoms with Crippen LogP contribution in [0.25, 0.3) is 11.1 Å². The van der Waals surface area contributed by atoms with Crippen molar-refractivity contribution in [3.05, 3.63) is 45.8 Å². The average Bonchev–Trinajstić information content (AvgIpc) is 2.28. The Labute approximate surface area is 112 Å². The minimum Gasteiger partial charge on any atom is -0.504 e. The number of aromatic hydroxyl groups is 1. The number of methoxy groups -OCH3 is 1. The molecule has 0 bridgehead atoms. The molecule has 0 atom stereocenters. The van der Waals surface area contributed by atoms with Crippen molar-refractivity contribution in [1.82, 2.24) is 0 Å². The highest BCUT2D eigenvalue weighted by Crippen LogP contribution is 2.39. The van der Waals surface area contributed by atoms with Gasteiger partial charge in [0.05, 0.1) is 7.11 Å². The molecule has 0 heterocycles. The van der Waals surface area contributed by atoms with Crippen LogP contribution in [0.3, 0.4) is 0 Å². The van der Waals surface area contributed by atoms with Gasteiger partial charge in [-0.25, -0.2) is 4.39 Å². The number of benzene rings is 2. The van der Waals surface area contributed by atoms with Gasteiger partial charge < -0.3 is 9.84 Å². The van der Waals surface area contributed by atoms with Crippen molar-refractivity contribution in [2.45, 2.75) is 0 Å². The first kappa shape index (κ1) is 12.2. The van der Waals surface area contributed by atoms with Crippen LogP contribution in [-0.2, 0) is 0 Å². The summed E-state index contributed by atoms with van der Waals surface area (Å²) in [5.74, 6) is -0.393. The summed E-state index contributed by atoms with van der Waals surface area (Å²) in [5, 5.41) is 9.66. The molecule has 2 aromatic rings. The van der Waals surface area contributed by atoms with E-state index in [1.54, 1.807) is 0 Å². The Morgan fingerprint density at radius 3 is 2.53 bits per heavy atom. The molecule has 0 aromatic heterocycles. The summed E-state index contributed by atoms with van der Waals surface area (Å²) < 4.78 is 19.4. The van der Waals surface area contributed by atoms with Gasteiger partial charge in [0.2, 0.25) is 0 Å². The molecule has 17 heavy (non-hydrogen) atoms. The van der Waals surface area contributed by atoms with Crippen LogP contribution in [0.1, 0.15) is 0 Å². The lowest BCUT2D eigenvalue weighted by Crippen LogP contribution is -1.92. The third-order valence-corrected chi connectivity index (χ3v) is 3.34. The van der Waals surface area contributed by atoms with E-state index in [1.807, 2.05) is 24.3 Å². The summed E-state index contributed by atoms with van der Waals surface area (Å²) in [5.41, 5.74) is 1.38. The molecule has 2 aromatic carbocycles. The molecule has 0 aliphatic carbocycles. The zero-order valence-electron chi connectivity index (χ0n) is 9.08. The summed E-state index contributed by atoms with van der Waals surface area (Å²) >= 11 is 2.16. The van der Waals surface area contributed by atoms with Crippen LogP contribution in [0.2, 0.25) is 0 Å². The van der Waals surface area contributed by atoms with Crippen molar-refractivity contribution < 1.29 is 14.2 Å². The number of ether oxygens (including phenoxy) is 1. The van der Waals surface area contributed by atoms with Crippen molar-refractivity contribution >= 4 is 22.6 Å². The Bertz CT molecular complexity index is 555. The molecule has 2 rings (SSSR count). The first-order valence-corrected chi connectivity index (χ1v) is 6.02. The van der Waals surface area contributed by atoms with Gasteiger partial charge in [-0.3, -0.25) is 0 Å². The third kappa shape index (κ3) is 2.36. The van der Waals surface area contributed by atoms with Crippen molar-refractivity contribution in [2.24, 2.45) is 0 Å². The van der Waals surface area contributed by atoms with Gasteiger partial charge >= 0.3 is 0 Å². The fourth-order valence-corrected chi connectivity index (χ4v) is 2.35. The number of hydrogen-bond donors (Lipinski definition) is 1. The van der Waals surface area contributed by atoms with E-state index in [0.29, 0.717) is 5.56 Å². The molecule has 1 N–H and O–H groups in total. The lowest BCUT2D eigenvalue weighted by atomic mass is 10.0. The second kappa shape index (κ2) is 4.91. The van der Waals surface area contributed by atoms with E-state index < -0.39 is 5.82 Å². The Balaban J connectivity index is 2.70. The molecular formula is C13H10FIO2. The minimum absolute atomic E-state index is 0.192. The van der Waals surface area contributed by atoms with E-state index in [0.717, 1.165) is 15.2 Å². The van der Waals surface area contributed by atoms with Gasteiger partial charge in [0, 0.05) is 15.2 Å². The van der Waals surface area contributed by atoms with Gasteiger partial charge in [0.1, 0.15) is 5.82 Å². The minimum atomic E-state index is -0.488. The van der Waals surface area contributed by atoms with Crippen LogP contribution < -0.4 is 4.74 Å². The Hall–Kier alpha value is -1.30. The van der Waals surface area contributed by atoms with Gasteiger partial charge in [-0.1, -0.05) is 18.2 Å². The highest BCUT2D eigenvalue weighted by Gasteiger charge is 2.14. The monoisotopic (exact) mass is 344 g/mol. The molecule has 0 saturated heterocycles. The Morgan fingerprint density at radius 1 is 1.18 bits per heavy atom. The molecule has 0 unspecified atom stereocenters. The first-order chi connectivity index (χ1) is 8.13. The number of phenolic OH excluding ortho intramolecular Hbond substituents is 1. The topological polar surface area (TPSA) is 29.5 Å². The van der Waals surface area contributed by atoms with Crippen LogP contribution >= 0.6 is 22.6 Å². The number of phenols is 1. The molecule has 0 radical (unpaired) electrons. The lowest BCUT2D eigenvalue weighted by molar-refractivity contribution is 0.372. The number of rotatable bonds is 2. The summed E-state index contributed by atoms with van der Waals surface area (Å²) in [6.07, 6.45) is 0. The Kier molecular flexibility index (Phi) is 3.51. The zero-order valence-corrected chi connectivity index (χ0v) is 11.2. The highest BCUT2D eigenvalue weighted by atomic mass is 127. The van der Waals surface area contributed by atoms with Gasteiger partial charge in [-0.15, -0.1) is 0 Å². The van der Waals surface area contributed by atoms with Crippen molar-refractivity contribution in [3.8, 4) is 22.6 Å². The SMILES string of the molecule is COc1c(O)cc(F)cc1-c1ccccc1I. The summed E-state index contributed by atoms with van der Waals surface area (Å²) in [7, 11) is 1.45. The Morgan fingerprint density at radius 2 is 1.88 bits per heavy atom. The number of hydrogen-bond acceptors (Lipinski definition) is 2. The zero-order chi connectivity index (χ0) is 12.4. The number of halogens is 2. The smallest absolute Gasteiger partial charge is 0.168 e. The standard InChI is InChI=1S/C13H10FIO2/c1-17-13-10(6-8(14)7-12(13)16)9-4-2-3-5-11(9)15/h2-7,16H,1H3. The summed E-state index contributed by atoms with van der Waals surface area (Å²) in [6.45, 7) is 0. The average molecular weight is 344 g/mol. The second-order valence-corrected chi connectivity index (χ2v) is 4.65. The quantitative estimate of drug-likeness (QED) is 0.840. The first-order valence-electron chi connectivity index (χ1n) is 4.95. The molecule has 2 nitrogen and oxygen atoms in total. The fraction of sp³-hybridized carbons (Fsp3) is 0.0769. The highest BCUT2D eigenvalue weighted by molar-refractivity contribution is 14.1. The van der Waals surface area contributed by atoms with Gasteiger partial charge in [-0.05, 0) is 40.3 Å². The fourth-order valence-electron chi connectivity index (χ4n) is 1.67. The molecule has 0 saturated carbocycles. The predicted molar refractivity (Wildman–Crippen MR) is 72.8 cm³/mol. The second-order valence-electron chi connectivity index (χ2n) is 3.49. The van der Waals surface area contributed by atoms with E-state index in [-0.39, 0.29) is 11.5 Å². The maximum atomic E-state index is 13.3. The molecule has 4 heteroatoms. The van der Waals surface area contributed by atoms with Crippen LogP contribution in [0.4, 0.5) is 4.39 Å². The molecule has 88 valence electrons. The van der Waals surface area contributed by atoms with Gasteiger partial charge in [-0.2, -0.15) is 0 Å². The molecule has 0 amide bonds. The molecular weight excluding hydrogens is 334 g/mol. The normalized spacial score (nSPS) is 10.3. The molecule has 0 spiro atoms. The van der Waals surface area contributed by atoms with E-state index in [2.05, 4.69) is 22.6 Å². The largest absolute Gasteiger partial charge is 0.504 e. The summed E-state index contributed by atoms with van der Waals surface area (Å²) in [4.78, 5) is 0. The van der Waals surface area contributed by atoms with Crippen molar-refractivity contribution in [1.29, 1.82) is 0 Å². The van der Waals surface area contributed by atoms with Crippen LogP contribution in [0.5, 0.6) is 11.5 Å². The van der Waals surface area contributed by atoms with Crippen molar-refractivity contribution in [3.63, 3.8) is 0 Å². The lowest BCUT2D eigenvalue weighted by Gasteiger charge is -2.12. The van der Waals surface area contributed by atoms with Gasteiger partial charge in [0.25, 0.3) is 0 Å². The van der Waals surface area contributed by atoms with E-state index in [1.165, 1.54) is 13.2 Å². The molecule has 0 aliphatic rings. The molecule has 0 fully saturated rings. The predicted octanol–water partition coefficient (Wildman–Crippen LogP) is 3.81. The maximum Gasteiger partial charge on any atom is 0.168 e. The summed E-state index contributed by atoms with van der Waals surface area (Å²) in [6, 6.07) is 9.93. The van der Waals surface area contributed by atoms with Crippen LogP contribution in [0, 0.1) is 9.39 Å². The van der Waals surface area contributed by atoms with Crippen LogP contribution in [0.15, 0.2) is 36.4 Å². The maximum absolute atomic E-state index is 13.3. The van der Waals surface area contributed by atoms with E-state index in [4.69, 9.17) is 4.74 Å². The molecule has 0 aliphatic heterocycles. The van der Waals surface area contributed by atoms with E-state index in [9.17, 15) is 9.50 Å². The third-order valence-electron chi connectivity index (χ3n) is 2.40. The van der Waals surface area contributed by atoms with E-state index >= 15 is 0 Å². The van der Waals surface area contributed by atoms with Crippen molar-refractivity contribution in [2.75, 3.05) is 7.11 Å². The van der Waals surface area contributed by atoms with Gasteiger partial charge in [0.15, 0.2) is 11.5 Å². The van der Waals surface area contributed by atoms with Crippen LogP contribution in [-0.4, -0.2) is 12.2 Å².